The van der Waals surface area contributed by atoms with Gasteiger partial charge in [0.25, 0.3) is 0 Å². The molecule has 3 aromatic rings. The average Bonchev–Trinajstić information content (AvgIpc) is 2.70. The Labute approximate surface area is 167 Å². The van der Waals surface area contributed by atoms with Gasteiger partial charge in [-0.1, -0.05) is 77.8 Å². The molecule has 136 valence electrons. The zero-order valence-electron chi connectivity index (χ0n) is 14.2. The molecule has 3 rings (SSSR count). The highest BCUT2D eigenvalue weighted by Gasteiger charge is 2.25. The van der Waals surface area contributed by atoms with Crippen molar-refractivity contribution >= 4 is 46.4 Å². The molecule has 0 aliphatic heterocycles. The molecule has 0 aromatic heterocycles. The molecule has 6 heteroatoms. The van der Waals surface area contributed by atoms with Crippen LogP contribution in [0.25, 0.3) is 0 Å². The Morgan fingerprint density at radius 3 is 1.93 bits per heavy atom. The van der Waals surface area contributed by atoms with Crippen molar-refractivity contribution in [2.75, 3.05) is 10.2 Å². The van der Waals surface area contributed by atoms with Crippen molar-refractivity contribution in [3.63, 3.8) is 0 Å². The van der Waals surface area contributed by atoms with E-state index < -0.39 is 11.8 Å². The molecule has 3 aromatic carbocycles. The van der Waals surface area contributed by atoms with Crippen molar-refractivity contribution in [2.24, 2.45) is 0 Å². The van der Waals surface area contributed by atoms with Gasteiger partial charge in [-0.3, -0.25) is 14.5 Å². The van der Waals surface area contributed by atoms with Crippen LogP contribution in [0.15, 0.2) is 78.9 Å². The maximum absolute atomic E-state index is 12.9. The Morgan fingerprint density at radius 2 is 1.33 bits per heavy atom. The van der Waals surface area contributed by atoms with E-state index in [4.69, 9.17) is 23.2 Å². The molecule has 0 spiro atoms. The van der Waals surface area contributed by atoms with Crippen LogP contribution in [0.3, 0.4) is 0 Å². The molecule has 0 saturated heterocycles. The number of para-hydroxylation sites is 2. The Kier molecular flexibility index (Phi) is 6.12. The summed E-state index contributed by atoms with van der Waals surface area (Å²) >= 11 is 12.2. The first-order valence-corrected chi connectivity index (χ1v) is 8.97. The molecule has 0 aliphatic rings. The van der Waals surface area contributed by atoms with Crippen LogP contribution in [-0.2, 0) is 16.1 Å². The van der Waals surface area contributed by atoms with Crippen LogP contribution in [0.2, 0.25) is 10.0 Å². The Bertz CT molecular complexity index is 927. The number of halogens is 2. The molecule has 4 nitrogen and oxygen atoms in total. The van der Waals surface area contributed by atoms with Crippen molar-refractivity contribution in [1.29, 1.82) is 0 Å². The van der Waals surface area contributed by atoms with E-state index in [1.54, 1.807) is 30.3 Å². The highest BCUT2D eigenvalue weighted by Crippen LogP contribution is 2.30. The van der Waals surface area contributed by atoms with Gasteiger partial charge in [-0.15, -0.1) is 0 Å². The van der Waals surface area contributed by atoms with Gasteiger partial charge < -0.3 is 5.32 Å². The number of benzene rings is 3. The minimum Gasteiger partial charge on any atom is -0.315 e. The molecule has 0 bridgehead atoms. The van der Waals surface area contributed by atoms with Crippen molar-refractivity contribution in [3.05, 3.63) is 94.5 Å². The van der Waals surface area contributed by atoms with E-state index in [1.165, 1.54) is 4.90 Å². The summed E-state index contributed by atoms with van der Waals surface area (Å²) in [6, 6.07) is 23.3. The van der Waals surface area contributed by atoms with E-state index in [0.29, 0.717) is 5.69 Å². The van der Waals surface area contributed by atoms with Gasteiger partial charge in [0.05, 0.1) is 22.3 Å². The van der Waals surface area contributed by atoms with Gasteiger partial charge in [-0.2, -0.15) is 0 Å². The number of amides is 2. The van der Waals surface area contributed by atoms with Crippen LogP contribution in [0, 0.1) is 0 Å². The van der Waals surface area contributed by atoms with Crippen LogP contribution in [0.5, 0.6) is 0 Å². The van der Waals surface area contributed by atoms with E-state index >= 15 is 0 Å². The summed E-state index contributed by atoms with van der Waals surface area (Å²) in [5, 5.41) is 3.04. The number of anilines is 2. The number of nitrogens with zero attached hydrogens (tertiary/aromatic N) is 1. The Balaban J connectivity index is 1.87. The van der Waals surface area contributed by atoms with Crippen LogP contribution >= 0.6 is 23.2 Å². The molecule has 0 saturated carbocycles. The molecular weight excluding hydrogens is 383 g/mol. The van der Waals surface area contributed by atoms with E-state index in [9.17, 15) is 9.59 Å². The van der Waals surface area contributed by atoms with Gasteiger partial charge in [0.1, 0.15) is 0 Å². The lowest BCUT2D eigenvalue weighted by atomic mass is 10.2. The lowest BCUT2D eigenvalue weighted by Gasteiger charge is -2.22. The second kappa shape index (κ2) is 8.71. The predicted octanol–water partition coefficient (Wildman–Crippen LogP) is 5.17. The fraction of sp³-hybridized carbons (Fsp3) is 0.0476. The molecule has 0 atom stereocenters. The van der Waals surface area contributed by atoms with E-state index in [1.807, 2.05) is 48.5 Å². The van der Waals surface area contributed by atoms with Crippen molar-refractivity contribution < 1.29 is 9.59 Å². The molecule has 0 heterocycles. The molecule has 0 aliphatic carbocycles. The number of hydrogen-bond acceptors (Lipinski definition) is 2. The minimum absolute atomic E-state index is 0.215. The number of rotatable bonds is 4. The zero-order valence-corrected chi connectivity index (χ0v) is 15.7. The number of carbonyl (C=O) groups excluding carboxylic acids is 2. The highest BCUT2D eigenvalue weighted by molar-refractivity contribution is 6.47. The molecule has 2 amide bonds. The maximum Gasteiger partial charge on any atom is 0.316 e. The smallest absolute Gasteiger partial charge is 0.315 e. The van der Waals surface area contributed by atoms with Crippen LogP contribution in [-0.4, -0.2) is 11.8 Å². The Hall–Kier alpha value is -2.82. The van der Waals surface area contributed by atoms with E-state index in [0.717, 1.165) is 5.56 Å². The molecule has 27 heavy (non-hydrogen) atoms. The minimum atomic E-state index is -0.815. The fourth-order valence-corrected chi connectivity index (χ4v) is 3.05. The first-order chi connectivity index (χ1) is 13.1. The van der Waals surface area contributed by atoms with E-state index in [2.05, 4.69) is 5.32 Å². The van der Waals surface area contributed by atoms with Gasteiger partial charge in [-0.05, 0) is 29.8 Å². The molecule has 0 fully saturated rings. The average molecular weight is 399 g/mol. The largest absolute Gasteiger partial charge is 0.316 e. The fourth-order valence-electron chi connectivity index (χ4n) is 2.56. The summed E-state index contributed by atoms with van der Waals surface area (Å²) in [5.41, 5.74) is 1.73. The van der Waals surface area contributed by atoms with Crippen LogP contribution < -0.4 is 10.2 Å². The Morgan fingerprint density at radius 1 is 0.778 bits per heavy atom. The summed E-state index contributed by atoms with van der Waals surface area (Å²) in [6.45, 7) is 0.257. The van der Waals surface area contributed by atoms with Crippen LogP contribution in [0.1, 0.15) is 5.56 Å². The molecule has 1 N–H and O–H groups in total. The normalized spacial score (nSPS) is 10.3. The maximum atomic E-state index is 12.9. The SMILES string of the molecule is O=C(Nc1c(Cl)cccc1Cl)C(=O)N(Cc1ccccc1)c1ccccc1. The van der Waals surface area contributed by atoms with Gasteiger partial charge in [0, 0.05) is 5.69 Å². The van der Waals surface area contributed by atoms with Gasteiger partial charge in [0.2, 0.25) is 0 Å². The van der Waals surface area contributed by atoms with Crippen molar-refractivity contribution in [1.82, 2.24) is 0 Å². The third-order valence-corrected chi connectivity index (χ3v) is 4.52. The van der Waals surface area contributed by atoms with Crippen molar-refractivity contribution in [2.45, 2.75) is 6.54 Å². The van der Waals surface area contributed by atoms with Crippen LogP contribution in [0.4, 0.5) is 11.4 Å². The summed E-state index contributed by atoms with van der Waals surface area (Å²) in [6.07, 6.45) is 0. The molecule has 0 unspecified atom stereocenters. The second-order valence-electron chi connectivity index (χ2n) is 5.76. The monoisotopic (exact) mass is 398 g/mol. The van der Waals surface area contributed by atoms with E-state index in [-0.39, 0.29) is 22.3 Å². The third-order valence-electron chi connectivity index (χ3n) is 3.89. The van der Waals surface area contributed by atoms with Gasteiger partial charge >= 0.3 is 11.8 Å². The lowest BCUT2D eigenvalue weighted by Crippen LogP contribution is -2.39. The quantitative estimate of drug-likeness (QED) is 0.616. The first kappa shape index (κ1) is 19.0. The van der Waals surface area contributed by atoms with Crippen molar-refractivity contribution in [3.8, 4) is 0 Å². The lowest BCUT2D eigenvalue weighted by molar-refractivity contribution is -0.134. The number of carbonyl (C=O) groups is 2. The highest BCUT2D eigenvalue weighted by atomic mass is 35.5. The van der Waals surface area contributed by atoms with Gasteiger partial charge in [-0.25, -0.2) is 0 Å². The zero-order chi connectivity index (χ0) is 19.2. The molecular formula is C21H16Cl2N2O2. The van der Waals surface area contributed by atoms with Gasteiger partial charge in [0.15, 0.2) is 0 Å². The second-order valence-corrected chi connectivity index (χ2v) is 6.58. The summed E-state index contributed by atoms with van der Waals surface area (Å²) in [4.78, 5) is 26.9. The summed E-state index contributed by atoms with van der Waals surface area (Å²) < 4.78 is 0. The topological polar surface area (TPSA) is 49.4 Å². The molecule has 0 radical (unpaired) electrons. The number of hydrogen-bond donors (Lipinski definition) is 1. The first-order valence-electron chi connectivity index (χ1n) is 8.22. The number of nitrogens with one attached hydrogen (secondary N) is 1. The summed E-state index contributed by atoms with van der Waals surface area (Å²) in [5.74, 6) is -1.52. The summed E-state index contributed by atoms with van der Waals surface area (Å²) in [7, 11) is 0. The predicted molar refractivity (Wildman–Crippen MR) is 109 cm³/mol. The third kappa shape index (κ3) is 4.67. The standard InChI is InChI=1S/C21H16Cl2N2O2/c22-17-12-7-13-18(23)19(17)24-20(26)21(27)25(16-10-5-2-6-11-16)14-15-8-3-1-4-9-15/h1-13H,14H2,(H,24,26).